The third-order valence-electron chi connectivity index (χ3n) is 2.42. The van der Waals surface area contributed by atoms with E-state index in [1.165, 1.54) is 18.2 Å². The summed E-state index contributed by atoms with van der Waals surface area (Å²) >= 11 is 3.26. The third-order valence-corrected chi connectivity index (χ3v) is 2.77. The first-order chi connectivity index (χ1) is 7.97. The molecule has 1 aromatic rings. The molecule has 1 aromatic carbocycles. The second kappa shape index (κ2) is 5.77. The number of rotatable bonds is 4. The molecular weight excluding hydrogens is 288 g/mol. The van der Waals surface area contributed by atoms with Crippen LogP contribution >= 0.6 is 15.9 Å². The van der Waals surface area contributed by atoms with Crippen molar-refractivity contribution in [3.63, 3.8) is 0 Å². The molecule has 5 nitrogen and oxygen atoms in total. The zero-order valence-corrected chi connectivity index (χ0v) is 11.2. The predicted molar refractivity (Wildman–Crippen MR) is 68.6 cm³/mol. The Labute approximate surface area is 108 Å². The Morgan fingerprint density at radius 3 is 2.65 bits per heavy atom. The van der Waals surface area contributed by atoms with E-state index in [9.17, 15) is 14.9 Å². The number of nitro groups is 1. The summed E-state index contributed by atoms with van der Waals surface area (Å²) in [7, 11) is 1.70. The van der Waals surface area contributed by atoms with Crippen LogP contribution in [0, 0.1) is 17.0 Å². The molecule has 17 heavy (non-hydrogen) atoms. The molecule has 6 heteroatoms. The largest absolute Gasteiger partial charge is 0.341 e. The number of alkyl halides is 1. The Morgan fingerprint density at radius 1 is 1.53 bits per heavy atom. The minimum Gasteiger partial charge on any atom is -0.341 e. The summed E-state index contributed by atoms with van der Waals surface area (Å²) in [5.74, 6) is -0.128. The van der Waals surface area contributed by atoms with Gasteiger partial charge >= 0.3 is 0 Å². The molecule has 0 saturated heterocycles. The molecule has 92 valence electrons. The summed E-state index contributed by atoms with van der Waals surface area (Å²) in [6.07, 6.45) is 0. The number of benzene rings is 1. The topological polar surface area (TPSA) is 63.5 Å². The summed E-state index contributed by atoms with van der Waals surface area (Å²) in [5, 5.41) is 11.3. The van der Waals surface area contributed by atoms with Crippen LogP contribution in [0.2, 0.25) is 0 Å². The van der Waals surface area contributed by atoms with Crippen LogP contribution in [0.3, 0.4) is 0 Å². The Morgan fingerprint density at radius 2 is 2.18 bits per heavy atom. The molecule has 1 rings (SSSR count). The van der Waals surface area contributed by atoms with Gasteiger partial charge in [-0.25, -0.2) is 0 Å². The number of hydrogen-bond donors (Lipinski definition) is 0. The maximum Gasteiger partial charge on any atom is 0.269 e. The van der Waals surface area contributed by atoms with E-state index >= 15 is 0 Å². The fourth-order valence-corrected chi connectivity index (χ4v) is 1.97. The van der Waals surface area contributed by atoms with E-state index in [2.05, 4.69) is 15.9 Å². The highest BCUT2D eigenvalue weighted by molar-refractivity contribution is 9.09. The number of nitro benzene ring substituents is 1. The third kappa shape index (κ3) is 3.26. The minimum absolute atomic E-state index is 0.00203. The van der Waals surface area contributed by atoms with Crippen LogP contribution in [-0.2, 0) is 0 Å². The predicted octanol–water partition coefficient (Wildman–Crippen LogP) is 2.37. The Hall–Kier alpha value is -1.43. The number of carbonyl (C=O) groups excluding carboxylic acids is 1. The lowest BCUT2D eigenvalue weighted by Gasteiger charge is -2.16. The number of nitrogens with zero attached hydrogens (tertiary/aromatic N) is 2. The molecule has 0 aliphatic rings. The maximum absolute atomic E-state index is 12.0. The molecule has 1 amide bonds. The molecule has 0 aliphatic carbocycles. The summed E-state index contributed by atoms with van der Waals surface area (Å²) in [5.41, 5.74) is 1.12. The van der Waals surface area contributed by atoms with Crippen molar-refractivity contribution in [3.05, 3.63) is 39.4 Å². The molecule has 0 unspecified atom stereocenters. The van der Waals surface area contributed by atoms with Gasteiger partial charge in [-0.3, -0.25) is 14.9 Å². The number of amides is 1. The lowest BCUT2D eigenvalue weighted by molar-refractivity contribution is -0.384. The van der Waals surface area contributed by atoms with Gasteiger partial charge in [-0.2, -0.15) is 0 Å². The van der Waals surface area contributed by atoms with Crippen LogP contribution < -0.4 is 0 Å². The molecule has 0 aliphatic heterocycles. The number of carbonyl (C=O) groups is 1. The van der Waals surface area contributed by atoms with E-state index in [1.807, 2.05) is 0 Å². The number of hydrogen-bond acceptors (Lipinski definition) is 3. The zero-order chi connectivity index (χ0) is 13.0. The second-order valence-electron chi connectivity index (χ2n) is 3.67. The Kier molecular flexibility index (Phi) is 4.62. The van der Waals surface area contributed by atoms with Gasteiger partial charge in [0.1, 0.15) is 0 Å². The summed E-state index contributed by atoms with van der Waals surface area (Å²) in [6, 6.07) is 4.26. The van der Waals surface area contributed by atoms with E-state index in [1.54, 1.807) is 18.9 Å². The van der Waals surface area contributed by atoms with Crippen LogP contribution in [0.4, 0.5) is 5.69 Å². The Balaban J connectivity index is 3.00. The van der Waals surface area contributed by atoms with Crippen LogP contribution in [0.25, 0.3) is 0 Å². The fourth-order valence-electron chi connectivity index (χ4n) is 1.44. The first kappa shape index (κ1) is 13.6. The first-order valence-corrected chi connectivity index (χ1v) is 6.16. The smallest absolute Gasteiger partial charge is 0.269 e. The maximum atomic E-state index is 12.0. The molecule has 0 spiro atoms. The van der Waals surface area contributed by atoms with E-state index < -0.39 is 4.92 Å². The van der Waals surface area contributed by atoms with Crippen molar-refractivity contribution in [2.75, 3.05) is 18.9 Å². The number of non-ortho nitro benzene ring substituents is 1. The van der Waals surface area contributed by atoms with Gasteiger partial charge in [-0.15, -0.1) is 0 Å². The molecule has 0 heterocycles. The highest BCUT2D eigenvalue weighted by Crippen LogP contribution is 2.18. The molecule has 0 aromatic heterocycles. The minimum atomic E-state index is -0.469. The monoisotopic (exact) mass is 300 g/mol. The van der Waals surface area contributed by atoms with Crippen molar-refractivity contribution >= 4 is 27.5 Å². The lowest BCUT2D eigenvalue weighted by atomic mass is 10.1. The zero-order valence-electron chi connectivity index (χ0n) is 9.64. The van der Waals surface area contributed by atoms with Gasteiger partial charge in [-0.05, 0) is 18.6 Å². The van der Waals surface area contributed by atoms with Crippen molar-refractivity contribution < 1.29 is 9.72 Å². The molecule has 0 atom stereocenters. The molecule has 0 N–H and O–H groups in total. The van der Waals surface area contributed by atoms with Gasteiger partial charge in [0.15, 0.2) is 0 Å². The average Bonchev–Trinajstić information content (AvgIpc) is 2.28. The van der Waals surface area contributed by atoms with Crippen LogP contribution in [-0.4, -0.2) is 34.7 Å². The highest BCUT2D eigenvalue weighted by Gasteiger charge is 2.16. The standard InChI is InChI=1S/C11H13BrN2O3/c1-8-7-9(14(16)17)3-4-10(8)11(15)13(2)6-5-12/h3-4,7H,5-6H2,1-2H3. The molecule has 0 radical (unpaired) electrons. The van der Waals surface area contributed by atoms with E-state index in [4.69, 9.17) is 0 Å². The highest BCUT2D eigenvalue weighted by atomic mass is 79.9. The number of halogens is 1. The van der Waals surface area contributed by atoms with Gasteiger partial charge in [0, 0.05) is 36.6 Å². The van der Waals surface area contributed by atoms with Gasteiger partial charge in [0.25, 0.3) is 11.6 Å². The van der Waals surface area contributed by atoms with Crippen molar-refractivity contribution in [3.8, 4) is 0 Å². The van der Waals surface area contributed by atoms with Gasteiger partial charge < -0.3 is 4.90 Å². The molecule has 0 fully saturated rings. The van der Waals surface area contributed by atoms with Crippen molar-refractivity contribution in [2.24, 2.45) is 0 Å². The molecule has 0 bridgehead atoms. The quantitative estimate of drug-likeness (QED) is 0.487. The summed E-state index contributed by atoms with van der Waals surface area (Å²) < 4.78 is 0. The van der Waals surface area contributed by atoms with Crippen molar-refractivity contribution in [2.45, 2.75) is 6.92 Å². The normalized spacial score (nSPS) is 10.1. The van der Waals surface area contributed by atoms with Crippen molar-refractivity contribution in [1.29, 1.82) is 0 Å². The van der Waals surface area contributed by atoms with Gasteiger partial charge in [0.05, 0.1) is 4.92 Å². The SMILES string of the molecule is Cc1cc([N+](=O)[O-])ccc1C(=O)N(C)CCBr. The van der Waals surface area contributed by atoms with Crippen LogP contribution in [0.1, 0.15) is 15.9 Å². The average molecular weight is 301 g/mol. The molecular formula is C11H13BrN2O3. The fraction of sp³-hybridized carbons (Fsp3) is 0.364. The first-order valence-electron chi connectivity index (χ1n) is 5.04. The van der Waals surface area contributed by atoms with E-state index in [-0.39, 0.29) is 11.6 Å². The summed E-state index contributed by atoms with van der Waals surface area (Å²) in [6.45, 7) is 2.29. The Bertz CT molecular complexity index is 448. The second-order valence-corrected chi connectivity index (χ2v) is 4.47. The lowest BCUT2D eigenvalue weighted by Crippen LogP contribution is -2.29. The van der Waals surface area contributed by atoms with Gasteiger partial charge in [0.2, 0.25) is 0 Å². The van der Waals surface area contributed by atoms with E-state index in [0.29, 0.717) is 23.0 Å². The van der Waals surface area contributed by atoms with E-state index in [0.717, 1.165) is 0 Å². The number of aryl methyl sites for hydroxylation is 1. The van der Waals surface area contributed by atoms with Gasteiger partial charge in [-0.1, -0.05) is 15.9 Å². The van der Waals surface area contributed by atoms with Crippen LogP contribution in [0.15, 0.2) is 18.2 Å². The van der Waals surface area contributed by atoms with Crippen LogP contribution in [0.5, 0.6) is 0 Å². The van der Waals surface area contributed by atoms with Crippen molar-refractivity contribution in [1.82, 2.24) is 4.90 Å². The summed E-state index contributed by atoms with van der Waals surface area (Å²) in [4.78, 5) is 23.7. The molecule has 0 saturated carbocycles.